The van der Waals surface area contributed by atoms with Crippen LogP contribution in [0.25, 0.3) is 0 Å². The molecule has 62 valence electrons. The van der Waals surface area contributed by atoms with E-state index in [9.17, 15) is 4.79 Å². The van der Waals surface area contributed by atoms with Gasteiger partial charge in [0.1, 0.15) is 0 Å². The van der Waals surface area contributed by atoms with E-state index in [1.165, 1.54) is 0 Å². The van der Waals surface area contributed by atoms with E-state index in [-0.39, 0.29) is 17.8 Å². The van der Waals surface area contributed by atoms with Crippen molar-refractivity contribution >= 4 is 11.7 Å². The molecule has 0 unspecified atom stereocenters. The van der Waals surface area contributed by atoms with Crippen molar-refractivity contribution in [1.82, 2.24) is 0 Å². The van der Waals surface area contributed by atoms with Gasteiger partial charge in [-0.25, -0.2) is 0 Å². The van der Waals surface area contributed by atoms with Gasteiger partial charge in [-0.3, -0.25) is 4.79 Å². The number of rotatable bonds is 3. The monoisotopic (exact) mass is 155 g/mol. The number of ether oxygens (including phenoxy) is 1. The number of carbonyl (C=O) groups excluding carboxylic acids is 1. The third-order valence-corrected chi connectivity index (χ3v) is 1.94. The molecule has 0 aliphatic heterocycles. The highest BCUT2D eigenvalue weighted by atomic mass is 16.5. The van der Waals surface area contributed by atoms with Crippen molar-refractivity contribution in [2.24, 2.45) is 11.8 Å². The van der Waals surface area contributed by atoms with Crippen molar-refractivity contribution in [3.63, 3.8) is 0 Å². The molecule has 0 aromatic heterocycles. The van der Waals surface area contributed by atoms with E-state index in [4.69, 9.17) is 10.1 Å². The van der Waals surface area contributed by atoms with E-state index in [1.54, 1.807) is 13.8 Å². The van der Waals surface area contributed by atoms with Crippen molar-refractivity contribution < 1.29 is 9.53 Å². The maximum absolute atomic E-state index is 11.0. The Morgan fingerprint density at radius 3 is 2.64 bits per heavy atom. The normalized spacial score (nSPS) is 27.8. The van der Waals surface area contributed by atoms with Crippen LogP contribution in [-0.4, -0.2) is 18.3 Å². The van der Waals surface area contributed by atoms with Crippen LogP contribution in [0.15, 0.2) is 0 Å². The zero-order chi connectivity index (χ0) is 8.43. The molecule has 0 radical (unpaired) electrons. The van der Waals surface area contributed by atoms with Gasteiger partial charge in [0.05, 0.1) is 12.5 Å². The average Bonchev–Trinajstić information content (AvgIpc) is 2.65. The summed E-state index contributed by atoms with van der Waals surface area (Å²) in [5, 5.41) is 7.26. The van der Waals surface area contributed by atoms with Crippen LogP contribution in [0.4, 0.5) is 0 Å². The predicted octanol–water partition coefficient (Wildman–Crippen LogP) is 1.23. The molecule has 2 atom stereocenters. The lowest BCUT2D eigenvalue weighted by molar-refractivity contribution is -0.144. The fourth-order valence-electron chi connectivity index (χ4n) is 1.18. The number of hydrogen-bond acceptors (Lipinski definition) is 3. The molecule has 1 aliphatic rings. The Hall–Kier alpha value is -0.860. The molecular weight excluding hydrogens is 142 g/mol. The van der Waals surface area contributed by atoms with Crippen LogP contribution in [0.3, 0.4) is 0 Å². The molecular formula is C8H13NO2. The zero-order valence-electron chi connectivity index (χ0n) is 6.89. The van der Waals surface area contributed by atoms with Crippen LogP contribution in [0.1, 0.15) is 20.3 Å². The van der Waals surface area contributed by atoms with Crippen LogP contribution in [0.5, 0.6) is 0 Å². The smallest absolute Gasteiger partial charge is 0.309 e. The van der Waals surface area contributed by atoms with E-state index in [0.717, 1.165) is 6.42 Å². The Labute approximate surface area is 66.2 Å². The molecule has 0 heterocycles. The Morgan fingerprint density at radius 2 is 2.27 bits per heavy atom. The summed E-state index contributed by atoms with van der Waals surface area (Å²) in [6, 6.07) is 0. The van der Waals surface area contributed by atoms with Crippen LogP contribution in [0.2, 0.25) is 0 Å². The van der Waals surface area contributed by atoms with E-state index in [0.29, 0.717) is 12.3 Å². The minimum atomic E-state index is -0.135. The van der Waals surface area contributed by atoms with E-state index >= 15 is 0 Å². The minimum absolute atomic E-state index is 0.00699. The molecule has 0 aromatic rings. The number of esters is 1. The molecule has 11 heavy (non-hydrogen) atoms. The second-order valence-electron chi connectivity index (χ2n) is 2.88. The average molecular weight is 155 g/mol. The number of nitrogens with one attached hydrogen (secondary N) is 1. The van der Waals surface area contributed by atoms with E-state index in [2.05, 4.69) is 0 Å². The standard InChI is InChI=1S/C8H13NO2/c1-3-11-8(10)7-4-6(7)5(2)9/h6-7,9H,3-4H2,1-2H3/t6-,7-/m0/s1. The summed E-state index contributed by atoms with van der Waals surface area (Å²) in [6.07, 6.45) is 0.814. The maximum atomic E-state index is 11.0. The fourth-order valence-corrected chi connectivity index (χ4v) is 1.18. The van der Waals surface area contributed by atoms with Gasteiger partial charge in [0.15, 0.2) is 0 Å². The summed E-state index contributed by atoms with van der Waals surface area (Å²) in [4.78, 5) is 11.0. The summed E-state index contributed by atoms with van der Waals surface area (Å²) in [6.45, 7) is 3.98. The summed E-state index contributed by atoms with van der Waals surface area (Å²) in [5.41, 5.74) is 0.600. The van der Waals surface area contributed by atoms with Crippen molar-refractivity contribution in [2.45, 2.75) is 20.3 Å². The topological polar surface area (TPSA) is 50.2 Å². The minimum Gasteiger partial charge on any atom is -0.466 e. The summed E-state index contributed by atoms with van der Waals surface area (Å²) >= 11 is 0. The zero-order valence-corrected chi connectivity index (χ0v) is 6.89. The fraction of sp³-hybridized carbons (Fsp3) is 0.750. The highest BCUT2D eigenvalue weighted by molar-refractivity contribution is 5.91. The molecule has 1 rings (SSSR count). The lowest BCUT2D eigenvalue weighted by Crippen LogP contribution is -2.09. The first-order chi connectivity index (χ1) is 5.16. The highest BCUT2D eigenvalue weighted by Crippen LogP contribution is 2.40. The second-order valence-corrected chi connectivity index (χ2v) is 2.88. The molecule has 1 fully saturated rings. The van der Waals surface area contributed by atoms with E-state index in [1.807, 2.05) is 0 Å². The lowest BCUT2D eigenvalue weighted by Gasteiger charge is -1.98. The highest BCUT2D eigenvalue weighted by Gasteiger charge is 2.45. The SMILES string of the molecule is CCOC(=O)[C@H]1C[C@H]1C(C)=N. The molecule has 3 nitrogen and oxygen atoms in total. The van der Waals surface area contributed by atoms with Crippen LogP contribution < -0.4 is 0 Å². The van der Waals surface area contributed by atoms with Gasteiger partial charge >= 0.3 is 5.97 Å². The molecule has 0 bridgehead atoms. The molecule has 1 N–H and O–H groups in total. The molecule has 1 saturated carbocycles. The third kappa shape index (κ3) is 1.79. The molecule has 3 heteroatoms. The van der Waals surface area contributed by atoms with Gasteiger partial charge in [-0.15, -0.1) is 0 Å². The Balaban J connectivity index is 2.32. The Morgan fingerprint density at radius 1 is 1.64 bits per heavy atom. The number of carbonyl (C=O) groups is 1. The van der Waals surface area contributed by atoms with Crippen LogP contribution in [-0.2, 0) is 9.53 Å². The van der Waals surface area contributed by atoms with Gasteiger partial charge < -0.3 is 10.1 Å². The van der Waals surface area contributed by atoms with Crippen molar-refractivity contribution in [2.75, 3.05) is 6.61 Å². The van der Waals surface area contributed by atoms with Crippen molar-refractivity contribution in [3.05, 3.63) is 0 Å². The Kier molecular flexibility index (Phi) is 2.27. The van der Waals surface area contributed by atoms with Gasteiger partial charge in [0.25, 0.3) is 0 Å². The first-order valence-electron chi connectivity index (χ1n) is 3.88. The summed E-state index contributed by atoms with van der Waals surface area (Å²) in [5.74, 6) is 0.0330. The number of hydrogen-bond donors (Lipinski definition) is 1. The molecule has 1 aliphatic carbocycles. The lowest BCUT2D eigenvalue weighted by atomic mass is 10.2. The van der Waals surface area contributed by atoms with Gasteiger partial charge in [0, 0.05) is 11.6 Å². The van der Waals surface area contributed by atoms with Gasteiger partial charge in [0.2, 0.25) is 0 Å². The quantitative estimate of drug-likeness (QED) is 0.492. The summed E-state index contributed by atoms with van der Waals surface area (Å²) < 4.78 is 4.81. The van der Waals surface area contributed by atoms with Gasteiger partial charge in [-0.2, -0.15) is 0 Å². The van der Waals surface area contributed by atoms with Gasteiger partial charge in [-0.1, -0.05) is 0 Å². The van der Waals surface area contributed by atoms with Crippen molar-refractivity contribution in [3.8, 4) is 0 Å². The third-order valence-electron chi connectivity index (χ3n) is 1.94. The first kappa shape index (κ1) is 8.24. The molecule has 0 aromatic carbocycles. The molecule has 0 saturated heterocycles. The molecule has 0 spiro atoms. The van der Waals surface area contributed by atoms with E-state index < -0.39 is 0 Å². The predicted molar refractivity (Wildman–Crippen MR) is 41.6 cm³/mol. The van der Waals surface area contributed by atoms with Crippen LogP contribution >= 0.6 is 0 Å². The van der Waals surface area contributed by atoms with Gasteiger partial charge in [-0.05, 0) is 20.3 Å². The second kappa shape index (κ2) is 3.03. The largest absolute Gasteiger partial charge is 0.466 e. The van der Waals surface area contributed by atoms with Crippen molar-refractivity contribution in [1.29, 1.82) is 5.41 Å². The maximum Gasteiger partial charge on any atom is 0.309 e. The Bertz CT molecular complexity index is 189. The van der Waals surface area contributed by atoms with Crippen LogP contribution in [0, 0.1) is 17.2 Å². The first-order valence-corrected chi connectivity index (χ1v) is 3.88. The molecule has 0 amide bonds. The summed E-state index contributed by atoms with van der Waals surface area (Å²) in [7, 11) is 0.